The maximum absolute atomic E-state index is 13.7. The fourth-order valence-electron chi connectivity index (χ4n) is 4.23. The Morgan fingerprint density at radius 3 is 2.31 bits per heavy atom. The number of amides is 1. The summed E-state index contributed by atoms with van der Waals surface area (Å²) in [5.74, 6) is -0.255. The molecule has 6 rings (SSSR count). The van der Waals surface area contributed by atoms with Gasteiger partial charge in [-0.25, -0.2) is 4.99 Å². The number of benzene rings is 3. The van der Waals surface area contributed by atoms with Gasteiger partial charge in [-0.15, -0.1) is 0 Å². The van der Waals surface area contributed by atoms with Crippen LogP contribution >= 0.6 is 11.3 Å². The molecule has 0 spiro atoms. The van der Waals surface area contributed by atoms with Crippen LogP contribution < -0.4 is 20.2 Å². The molecule has 0 aliphatic carbocycles. The number of rotatable bonds is 2. The fourth-order valence-corrected chi connectivity index (χ4v) is 5.34. The average molecular weight is 436 g/mol. The summed E-state index contributed by atoms with van der Waals surface area (Å²) in [7, 11) is 0. The third-order valence-corrected chi connectivity index (χ3v) is 6.79. The summed E-state index contributed by atoms with van der Waals surface area (Å²) < 4.78 is 2.11. The highest BCUT2D eigenvalue weighted by Gasteiger charge is 2.29. The lowest BCUT2D eigenvalue weighted by Gasteiger charge is -2.19. The van der Waals surface area contributed by atoms with Crippen LogP contribution in [0.2, 0.25) is 0 Å². The van der Waals surface area contributed by atoms with Crippen molar-refractivity contribution in [2.24, 2.45) is 4.99 Å². The van der Waals surface area contributed by atoms with Crippen molar-refractivity contribution in [3.63, 3.8) is 0 Å². The third-order valence-electron chi connectivity index (χ3n) is 5.73. The molecule has 0 bridgehead atoms. The molecule has 3 heterocycles. The summed E-state index contributed by atoms with van der Waals surface area (Å²) in [6.07, 6.45) is 2.02. The number of aromatic nitrogens is 1. The number of nitrogens with zero attached hydrogens (tertiary/aromatic N) is 2. The zero-order valence-electron chi connectivity index (χ0n) is 16.9. The SMILES string of the molecule is O=C1Nc2ccccc2/C1=c1/sc2n(c1=O)[C@H](c1ccccc1)C=C(c1ccccc1)N=2. The van der Waals surface area contributed by atoms with E-state index in [1.807, 2.05) is 91.0 Å². The summed E-state index contributed by atoms with van der Waals surface area (Å²) in [6, 6.07) is 27.0. The van der Waals surface area contributed by atoms with Gasteiger partial charge in [-0.05, 0) is 23.3 Å². The van der Waals surface area contributed by atoms with Gasteiger partial charge in [-0.2, -0.15) is 0 Å². The standard InChI is InChI=1S/C26H17N3O2S/c30-24-22(18-13-7-8-14-19(18)27-24)23-25(31)29-21(17-11-5-2-6-12-17)15-20(28-26(29)32-23)16-9-3-1-4-10-16/h1-15,21H,(H,27,30)/b23-22-/t21-/m0/s1. The van der Waals surface area contributed by atoms with Gasteiger partial charge < -0.3 is 5.32 Å². The highest BCUT2D eigenvalue weighted by molar-refractivity contribution is 7.07. The molecule has 1 N–H and O–H groups in total. The van der Waals surface area contributed by atoms with Crippen LogP contribution in [0.4, 0.5) is 5.69 Å². The van der Waals surface area contributed by atoms with E-state index in [1.165, 1.54) is 11.3 Å². The van der Waals surface area contributed by atoms with Crippen LogP contribution in [0.5, 0.6) is 0 Å². The summed E-state index contributed by atoms with van der Waals surface area (Å²) >= 11 is 1.27. The lowest BCUT2D eigenvalue weighted by Crippen LogP contribution is -2.37. The molecule has 0 unspecified atom stereocenters. The Balaban J connectivity index is 1.66. The molecule has 32 heavy (non-hydrogen) atoms. The highest BCUT2D eigenvalue weighted by atomic mass is 32.1. The summed E-state index contributed by atoms with van der Waals surface area (Å²) in [4.78, 5) is 31.9. The zero-order valence-corrected chi connectivity index (χ0v) is 17.7. The predicted molar refractivity (Wildman–Crippen MR) is 126 cm³/mol. The first kappa shape index (κ1) is 18.7. The quantitative estimate of drug-likeness (QED) is 0.525. The van der Waals surface area contributed by atoms with Gasteiger partial charge in [0.2, 0.25) is 0 Å². The Labute approximate surface area is 187 Å². The second-order valence-corrected chi connectivity index (χ2v) is 8.63. The molecule has 3 aromatic carbocycles. The molecule has 4 aromatic rings. The van der Waals surface area contributed by atoms with E-state index in [9.17, 15) is 9.59 Å². The van der Waals surface area contributed by atoms with Crippen LogP contribution in [0, 0.1) is 0 Å². The third kappa shape index (κ3) is 2.88. The van der Waals surface area contributed by atoms with Crippen LogP contribution in [0.15, 0.2) is 101 Å². The van der Waals surface area contributed by atoms with E-state index in [0.29, 0.717) is 14.9 Å². The van der Waals surface area contributed by atoms with Gasteiger partial charge >= 0.3 is 0 Å². The van der Waals surface area contributed by atoms with E-state index in [4.69, 9.17) is 4.99 Å². The number of nitrogens with one attached hydrogen (secondary N) is 1. The number of carbonyl (C=O) groups excluding carboxylic acids is 1. The van der Waals surface area contributed by atoms with Crippen molar-refractivity contribution in [1.82, 2.24) is 4.57 Å². The molecule has 6 heteroatoms. The number of hydrogen-bond acceptors (Lipinski definition) is 4. The summed E-state index contributed by atoms with van der Waals surface area (Å²) in [6.45, 7) is 0. The molecule has 1 amide bonds. The molecular formula is C26H17N3O2S. The number of para-hydroxylation sites is 1. The first-order chi connectivity index (χ1) is 15.7. The average Bonchev–Trinajstić information content (AvgIpc) is 3.35. The van der Waals surface area contributed by atoms with Gasteiger partial charge in [0.15, 0.2) is 4.80 Å². The second-order valence-electron chi connectivity index (χ2n) is 7.65. The molecule has 0 fully saturated rings. The van der Waals surface area contributed by atoms with Crippen molar-refractivity contribution in [2.75, 3.05) is 5.32 Å². The number of anilines is 1. The Bertz CT molecular complexity index is 1580. The maximum Gasteiger partial charge on any atom is 0.271 e. The topological polar surface area (TPSA) is 63.5 Å². The van der Waals surface area contributed by atoms with Crippen molar-refractivity contribution in [1.29, 1.82) is 0 Å². The van der Waals surface area contributed by atoms with E-state index in [-0.39, 0.29) is 17.5 Å². The number of thiazole rings is 1. The molecule has 2 aliphatic rings. The van der Waals surface area contributed by atoms with Crippen LogP contribution in [0.1, 0.15) is 22.7 Å². The lowest BCUT2D eigenvalue weighted by molar-refractivity contribution is -0.110. The summed E-state index contributed by atoms with van der Waals surface area (Å²) in [5.41, 5.74) is 4.48. The Morgan fingerprint density at radius 1 is 0.844 bits per heavy atom. The van der Waals surface area contributed by atoms with Crippen LogP contribution in [0.3, 0.4) is 0 Å². The zero-order chi connectivity index (χ0) is 21.7. The minimum absolute atomic E-state index is 0.201. The van der Waals surface area contributed by atoms with E-state index in [1.54, 1.807) is 4.57 Å². The van der Waals surface area contributed by atoms with Crippen molar-refractivity contribution >= 4 is 34.2 Å². The molecule has 5 nitrogen and oxygen atoms in total. The Kier molecular flexibility index (Phi) is 4.26. The molecule has 0 radical (unpaired) electrons. The van der Waals surface area contributed by atoms with E-state index >= 15 is 0 Å². The molecule has 2 aliphatic heterocycles. The minimum atomic E-state index is -0.309. The first-order valence-electron chi connectivity index (χ1n) is 10.3. The monoisotopic (exact) mass is 435 g/mol. The largest absolute Gasteiger partial charge is 0.321 e. The normalized spacial score (nSPS) is 18.3. The van der Waals surface area contributed by atoms with Crippen LogP contribution in [-0.2, 0) is 4.79 Å². The first-order valence-corrected chi connectivity index (χ1v) is 11.1. The van der Waals surface area contributed by atoms with E-state index in [2.05, 4.69) is 5.32 Å². The van der Waals surface area contributed by atoms with Crippen LogP contribution in [0.25, 0.3) is 11.3 Å². The summed E-state index contributed by atoms with van der Waals surface area (Å²) in [5, 5.41) is 2.87. The van der Waals surface area contributed by atoms with Gasteiger partial charge in [0.05, 0.1) is 17.3 Å². The number of allylic oxidation sites excluding steroid dienone is 1. The van der Waals surface area contributed by atoms with Crippen molar-refractivity contribution < 1.29 is 4.79 Å². The molecule has 1 atom stereocenters. The smallest absolute Gasteiger partial charge is 0.271 e. The Morgan fingerprint density at radius 2 is 1.53 bits per heavy atom. The number of fused-ring (bicyclic) bond motifs is 2. The molecule has 0 saturated heterocycles. The second kappa shape index (κ2) is 7.28. The molecule has 1 aromatic heterocycles. The predicted octanol–water partition coefficient (Wildman–Crippen LogP) is 3.32. The fraction of sp³-hybridized carbons (Fsp3) is 0.0385. The number of carbonyl (C=O) groups is 1. The van der Waals surface area contributed by atoms with Gasteiger partial charge in [0.25, 0.3) is 11.5 Å². The molecular weight excluding hydrogens is 418 g/mol. The lowest BCUT2D eigenvalue weighted by atomic mass is 10.0. The van der Waals surface area contributed by atoms with E-state index < -0.39 is 0 Å². The Hall–Kier alpha value is -4.03. The van der Waals surface area contributed by atoms with Gasteiger partial charge in [-0.3, -0.25) is 14.2 Å². The van der Waals surface area contributed by atoms with E-state index in [0.717, 1.165) is 28.1 Å². The van der Waals surface area contributed by atoms with Crippen molar-refractivity contribution in [3.05, 3.63) is 127 Å². The van der Waals surface area contributed by atoms with Gasteiger partial charge in [0, 0.05) is 11.3 Å². The highest BCUT2D eigenvalue weighted by Crippen LogP contribution is 2.30. The molecule has 0 saturated carbocycles. The van der Waals surface area contributed by atoms with Crippen molar-refractivity contribution in [2.45, 2.75) is 6.04 Å². The number of hydrogen-bond donors (Lipinski definition) is 1. The maximum atomic E-state index is 13.7. The van der Waals surface area contributed by atoms with Gasteiger partial charge in [0.1, 0.15) is 4.53 Å². The molecule has 154 valence electrons. The van der Waals surface area contributed by atoms with Crippen molar-refractivity contribution in [3.8, 4) is 0 Å². The minimum Gasteiger partial charge on any atom is -0.321 e. The van der Waals surface area contributed by atoms with Crippen LogP contribution in [-0.4, -0.2) is 10.5 Å². The van der Waals surface area contributed by atoms with Gasteiger partial charge in [-0.1, -0.05) is 90.2 Å².